The zero-order chi connectivity index (χ0) is 19.1. The Morgan fingerprint density at radius 1 is 1.30 bits per heavy atom. The molecule has 3 aromatic rings. The van der Waals surface area contributed by atoms with Crippen molar-refractivity contribution in [1.29, 1.82) is 0 Å². The highest BCUT2D eigenvalue weighted by atomic mass is 32.1. The number of aryl methyl sites for hydroxylation is 3. The summed E-state index contributed by atoms with van der Waals surface area (Å²) in [6.45, 7) is 6.05. The Hall–Kier alpha value is -2.54. The van der Waals surface area contributed by atoms with E-state index in [2.05, 4.69) is 22.6 Å². The van der Waals surface area contributed by atoms with Gasteiger partial charge in [-0.3, -0.25) is 9.59 Å². The minimum absolute atomic E-state index is 0.143. The number of carbonyl (C=O) groups is 1. The van der Waals surface area contributed by atoms with Gasteiger partial charge in [-0.15, -0.1) is 16.4 Å². The molecule has 6 nitrogen and oxygen atoms in total. The second kappa shape index (κ2) is 6.88. The predicted molar refractivity (Wildman–Crippen MR) is 107 cm³/mol. The van der Waals surface area contributed by atoms with Crippen molar-refractivity contribution in [2.45, 2.75) is 46.6 Å². The summed E-state index contributed by atoms with van der Waals surface area (Å²) < 4.78 is 1.17. The van der Waals surface area contributed by atoms with Gasteiger partial charge in [-0.1, -0.05) is 18.2 Å². The normalized spacial score (nSPS) is 16.3. The number of anilines is 1. The number of fused-ring (bicyclic) bond motifs is 3. The van der Waals surface area contributed by atoms with E-state index in [1.54, 1.807) is 11.3 Å². The van der Waals surface area contributed by atoms with E-state index >= 15 is 0 Å². The highest BCUT2D eigenvalue weighted by molar-refractivity contribution is 7.18. The lowest BCUT2D eigenvalue weighted by Gasteiger charge is -2.17. The lowest BCUT2D eigenvalue weighted by molar-refractivity contribution is -0.117. The van der Waals surface area contributed by atoms with Gasteiger partial charge in [0.2, 0.25) is 5.91 Å². The van der Waals surface area contributed by atoms with Crippen molar-refractivity contribution < 1.29 is 4.79 Å². The van der Waals surface area contributed by atoms with E-state index in [1.807, 2.05) is 32.0 Å². The summed E-state index contributed by atoms with van der Waals surface area (Å²) in [7, 11) is 0. The van der Waals surface area contributed by atoms with Gasteiger partial charge in [-0.05, 0) is 67.9 Å². The van der Waals surface area contributed by atoms with E-state index < -0.39 is 0 Å². The summed E-state index contributed by atoms with van der Waals surface area (Å²) in [4.78, 5) is 27.3. The molecule has 0 fully saturated rings. The smallest absolute Gasteiger partial charge is 0.279 e. The summed E-state index contributed by atoms with van der Waals surface area (Å²) in [6, 6.07) is 5.85. The number of nitrogens with zero attached hydrogens (tertiary/aromatic N) is 3. The number of nitrogens with one attached hydrogen (secondary N) is 1. The van der Waals surface area contributed by atoms with Crippen LogP contribution in [0.15, 0.2) is 23.0 Å². The van der Waals surface area contributed by atoms with E-state index in [-0.39, 0.29) is 18.0 Å². The predicted octanol–water partition coefficient (Wildman–Crippen LogP) is 3.23. The van der Waals surface area contributed by atoms with Crippen molar-refractivity contribution in [3.8, 4) is 0 Å². The largest absolute Gasteiger partial charge is 0.324 e. The van der Waals surface area contributed by atoms with Crippen molar-refractivity contribution >= 4 is 33.1 Å². The Balaban J connectivity index is 1.61. The van der Waals surface area contributed by atoms with Crippen LogP contribution in [0.4, 0.5) is 5.69 Å². The average Bonchev–Trinajstić information content (AvgIpc) is 2.94. The molecule has 2 aromatic heterocycles. The molecule has 1 N–H and O–H groups in total. The fourth-order valence-corrected chi connectivity index (χ4v) is 5.10. The quantitative estimate of drug-likeness (QED) is 0.754. The molecule has 0 saturated heterocycles. The summed E-state index contributed by atoms with van der Waals surface area (Å²) in [5, 5.41) is 11.7. The summed E-state index contributed by atoms with van der Waals surface area (Å²) in [5.41, 5.74) is 3.76. The highest BCUT2D eigenvalue weighted by Gasteiger charge is 2.24. The van der Waals surface area contributed by atoms with Crippen LogP contribution in [-0.2, 0) is 24.2 Å². The Kier molecular flexibility index (Phi) is 4.55. The zero-order valence-corrected chi connectivity index (χ0v) is 16.5. The number of hydrogen-bond donors (Lipinski definition) is 1. The van der Waals surface area contributed by atoms with Crippen molar-refractivity contribution in [3.05, 3.63) is 50.1 Å². The molecule has 1 aliphatic rings. The summed E-state index contributed by atoms with van der Waals surface area (Å²) >= 11 is 1.56. The van der Waals surface area contributed by atoms with Crippen LogP contribution >= 0.6 is 11.3 Å². The maximum Gasteiger partial charge on any atom is 0.279 e. The van der Waals surface area contributed by atoms with Gasteiger partial charge in [0.15, 0.2) is 4.83 Å². The van der Waals surface area contributed by atoms with Crippen molar-refractivity contribution in [2.24, 2.45) is 5.92 Å². The van der Waals surface area contributed by atoms with Gasteiger partial charge in [-0.25, -0.2) is 4.68 Å². The molecule has 1 atom stereocenters. The van der Waals surface area contributed by atoms with Gasteiger partial charge in [0.05, 0.1) is 5.39 Å². The standard InChI is InChI=1S/C20H22N4O2S/c1-11-4-5-15-16(9-11)27-19-18(15)20(26)24(23-22-19)10-17(25)21-14-7-12(2)6-13(3)8-14/h6-8,11H,4-5,9-10H2,1-3H3,(H,21,25)/t11-/m0/s1. The lowest BCUT2D eigenvalue weighted by Crippen LogP contribution is -2.30. The molecule has 0 saturated carbocycles. The fourth-order valence-electron chi connectivity index (χ4n) is 3.78. The number of benzene rings is 1. The van der Waals surface area contributed by atoms with E-state index in [4.69, 9.17) is 0 Å². The van der Waals surface area contributed by atoms with Crippen LogP contribution in [-0.4, -0.2) is 20.9 Å². The second-order valence-corrected chi connectivity index (χ2v) is 8.59. The van der Waals surface area contributed by atoms with Gasteiger partial charge in [-0.2, -0.15) is 0 Å². The SMILES string of the molecule is Cc1cc(C)cc(NC(=O)Cn2nnc3sc4c(c3c2=O)CC[C@H](C)C4)c1. The monoisotopic (exact) mass is 382 g/mol. The third-order valence-corrected chi connectivity index (χ3v) is 6.12. The van der Waals surface area contributed by atoms with Gasteiger partial charge >= 0.3 is 0 Å². The van der Waals surface area contributed by atoms with Gasteiger partial charge in [0, 0.05) is 10.6 Å². The van der Waals surface area contributed by atoms with E-state index in [1.165, 1.54) is 9.56 Å². The topological polar surface area (TPSA) is 76.9 Å². The van der Waals surface area contributed by atoms with Gasteiger partial charge < -0.3 is 5.32 Å². The molecule has 140 valence electrons. The minimum Gasteiger partial charge on any atom is -0.324 e. The van der Waals surface area contributed by atoms with Crippen LogP contribution < -0.4 is 10.9 Å². The molecular weight excluding hydrogens is 360 g/mol. The number of carbonyl (C=O) groups excluding carboxylic acids is 1. The number of rotatable bonds is 3. The molecule has 1 aliphatic carbocycles. The zero-order valence-electron chi connectivity index (χ0n) is 15.7. The number of aromatic nitrogens is 3. The van der Waals surface area contributed by atoms with E-state index in [0.29, 0.717) is 16.1 Å². The molecule has 4 rings (SSSR count). The molecule has 0 spiro atoms. The number of thiophene rings is 1. The molecule has 2 heterocycles. The molecule has 0 aliphatic heterocycles. The first kappa shape index (κ1) is 17.9. The lowest BCUT2D eigenvalue weighted by atomic mass is 9.89. The molecular formula is C20H22N4O2S. The first-order valence-corrected chi connectivity index (χ1v) is 9.98. The van der Waals surface area contributed by atoms with Crippen molar-refractivity contribution in [3.63, 3.8) is 0 Å². The van der Waals surface area contributed by atoms with E-state index in [9.17, 15) is 9.59 Å². The molecule has 1 amide bonds. The van der Waals surface area contributed by atoms with Crippen LogP contribution in [0.3, 0.4) is 0 Å². The Morgan fingerprint density at radius 2 is 2.04 bits per heavy atom. The molecule has 27 heavy (non-hydrogen) atoms. The molecule has 1 aromatic carbocycles. The van der Waals surface area contributed by atoms with Crippen LogP contribution in [0.1, 0.15) is 34.9 Å². The minimum atomic E-state index is -0.284. The molecule has 0 bridgehead atoms. The van der Waals surface area contributed by atoms with E-state index in [0.717, 1.165) is 41.6 Å². The fraction of sp³-hybridized carbons (Fsp3) is 0.400. The van der Waals surface area contributed by atoms with Crippen LogP contribution in [0.5, 0.6) is 0 Å². The summed E-state index contributed by atoms with van der Waals surface area (Å²) in [6.07, 6.45) is 2.96. The number of hydrogen-bond acceptors (Lipinski definition) is 5. The Labute approximate surface area is 161 Å². The molecule has 0 unspecified atom stereocenters. The highest BCUT2D eigenvalue weighted by Crippen LogP contribution is 2.35. The van der Waals surface area contributed by atoms with Gasteiger partial charge in [0.1, 0.15) is 6.54 Å². The first-order chi connectivity index (χ1) is 12.9. The van der Waals surface area contributed by atoms with Crippen LogP contribution in [0, 0.1) is 19.8 Å². The second-order valence-electron chi connectivity index (χ2n) is 7.51. The van der Waals surface area contributed by atoms with Crippen molar-refractivity contribution in [1.82, 2.24) is 15.0 Å². The molecule has 0 radical (unpaired) electrons. The summed E-state index contributed by atoms with van der Waals surface area (Å²) in [5.74, 6) is 0.345. The third kappa shape index (κ3) is 3.51. The Bertz CT molecular complexity index is 1080. The first-order valence-electron chi connectivity index (χ1n) is 9.17. The maximum atomic E-state index is 12.9. The third-order valence-electron chi connectivity index (χ3n) is 4.98. The van der Waals surface area contributed by atoms with Crippen LogP contribution in [0.25, 0.3) is 10.2 Å². The van der Waals surface area contributed by atoms with Crippen molar-refractivity contribution in [2.75, 3.05) is 5.32 Å². The maximum absolute atomic E-state index is 12.9. The van der Waals surface area contributed by atoms with Crippen LogP contribution in [0.2, 0.25) is 0 Å². The number of amides is 1. The van der Waals surface area contributed by atoms with Gasteiger partial charge in [0.25, 0.3) is 5.56 Å². The average molecular weight is 382 g/mol. The Morgan fingerprint density at radius 3 is 2.78 bits per heavy atom. The molecule has 7 heteroatoms.